The van der Waals surface area contributed by atoms with Gasteiger partial charge in [-0.2, -0.15) is 5.26 Å². The van der Waals surface area contributed by atoms with Gasteiger partial charge in [-0.15, -0.1) is 0 Å². The van der Waals surface area contributed by atoms with Crippen molar-refractivity contribution < 1.29 is 4.74 Å². The first-order valence-electron chi connectivity index (χ1n) is 4.32. The van der Waals surface area contributed by atoms with Gasteiger partial charge in [-0.3, -0.25) is 9.97 Å². The molecule has 15 heavy (non-hydrogen) atoms. The first kappa shape index (κ1) is 9.16. The molecule has 0 bridgehead atoms. The van der Waals surface area contributed by atoms with Crippen LogP contribution in [0.3, 0.4) is 0 Å². The Morgan fingerprint density at radius 3 is 2.73 bits per heavy atom. The Morgan fingerprint density at radius 1 is 1.13 bits per heavy atom. The van der Waals surface area contributed by atoms with E-state index in [1.165, 1.54) is 6.20 Å². The Bertz CT molecular complexity index is 491. The number of aromatic nitrogens is 2. The van der Waals surface area contributed by atoms with E-state index in [1.54, 1.807) is 36.8 Å². The third kappa shape index (κ3) is 2.09. The lowest BCUT2D eigenvalue weighted by molar-refractivity contribution is 0.476. The molecule has 0 radical (unpaired) electrons. The average Bonchev–Trinajstić information content (AvgIpc) is 2.31. The number of hydrogen-bond acceptors (Lipinski definition) is 4. The molecule has 0 saturated carbocycles. The van der Waals surface area contributed by atoms with Gasteiger partial charge in [-0.25, -0.2) is 0 Å². The van der Waals surface area contributed by atoms with Crippen molar-refractivity contribution in [3.8, 4) is 17.6 Å². The molecule has 0 aliphatic rings. The largest absolute Gasteiger partial charge is 0.453 e. The molecule has 2 heterocycles. The smallest absolute Gasteiger partial charge is 0.163 e. The van der Waals surface area contributed by atoms with Crippen LogP contribution >= 0.6 is 0 Å². The number of ether oxygens (including phenoxy) is 1. The highest BCUT2D eigenvalue weighted by molar-refractivity contribution is 5.42. The normalized spacial score (nSPS) is 9.27. The summed E-state index contributed by atoms with van der Waals surface area (Å²) in [5, 5.41) is 8.82. The van der Waals surface area contributed by atoms with E-state index in [4.69, 9.17) is 10.00 Å². The fourth-order valence-corrected chi connectivity index (χ4v) is 1.09. The topological polar surface area (TPSA) is 58.8 Å². The van der Waals surface area contributed by atoms with Crippen LogP contribution in [0.5, 0.6) is 11.5 Å². The van der Waals surface area contributed by atoms with Gasteiger partial charge in [0.1, 0.15) is 11.8 Å². The van der Waals surface area contributed by atoms with Crippen molar-refractivity contribution in [3.63, 3.8) is 0 Å². The third-order valence-corrected chi connectivity index (χ3v) is 1.77. The van der Waals surface area contributed by atoms with Gasteiger partial charge in [-0.1, -0.05) is 0 Å². The third-order valence-electron chi connectivity index (χ3n) is 1.77. The zero-order valence-corrected chi connectivity index (χ0v) is 7.79. The minimum Gasteiger partial charge on any atom is -0.453 e. The molecule has 0 unspecified atom stereocenters. The van der Waals surface area contributed by atoms with Gasteiger partial charge >= 0.3 is 0 Å². The second kappa shape index (κ2) is 4.20. The minimum absolute atomic E-state index is 0.438. The first-order chi connectivity index (χ1) is 7.40. The van der Waals surface area contributed by atoms with Crippen LogP contribution in [-0.2, 0) is 0 Å². The summed E-state index contributed by atoms with van der Waals surface area (Å²) in [5.74, 6) is 1.02. The molecule has 0 saturated heterocycles. The Balaban J connectivity index is 2.29. The summed E-state index contributed by atoms with van der Waals surface area (Å²) in [6, 6.07) is 7.16. The predicted octanol–water partition coefficient (Wildman–Crippen LogP) is 2.14. The van der Waals surface area contributed by atoms with E-state index < -0.39 is 0 Å². The molecule has 72 valence electrons. The summed E-state index contributed by atoms with van der Waals surface area (Å²) in [6.07, 6.45) is 6.29. The molecule has 0 spiro atoms. The van der Waals surface area contributed by atoms with Gasteiger partial charge in [-0.05, 0) is 18.2 Å². The molecule has 2 aromatic heterocycles. The van der Waals surface area contributed by atoms with Crippen LogP contribution in [0.25, 0.3) is 0 Å². The predicted molar refractivity (Wildman–Crippen MR) is 53.3 cm³/mol. The maximum atomic E-state index is 8.82. The fourth-order valence-electron chi connectivity index (χ4n) is 1.09. The highest BCUT2D eigenvalue weighted by Gasteiger charge is 2.03. The van der Waals surface area contributed by atoms with E-state index in [2.05, 4.69) is 9.97 Å². The van der Waals surface area contributed by atoms with Crippen LogP contribution in [0.4, 0.5) is 0 Å². The van der Waals surface area contributed by atoms with Gasteiger partial charge in [0.05, 0.1) is 18.0 Å². The molecule has 4 nitrogen and oxygen atoms in total. The van der Waals surface area contributed by atoms with E-state index in [1.807, 2.05) is 6.07 Å². The quantitative estimate of drug-likeness (QED) is 0.740. The second-order valence-corrected chi connectivity index (χ2v) is 2.77. The van der Waals surface area contributed by atoms with Crippen molar-refractivity contribution in [1.82, 2.24) is 9.97 Å². The molecule has 0 N–H and O–H groups in total. The van der Waals surface area contributed by atoms with E-state index in [-0.39, 0.29) is 0 Å². The summed E-state index contributed by atoms with van der Waals surface area (Å²) in [7, 11) is 0. The van der Waals surface area contributed by atoms with Crippen LogP contribution < -0.4 is 4.74 Å². The van der Waals surface area contributed by atoms with Crippen molar-refractivity contribution in [3.05, 3.63) is 48.5 Å². The van der Waals surface area contributed by atoms with Crippen molar-refractivity contribution in [2.24, 2.45) is 0 Å². The van der Waals surface area contributed by atoms with Crippen LogP contribution in [0.15, 0.2) is 43.0 Å². The van der Waals surface area contributed by atoms with E-state index >= 15 is 0 Å². The zero-order chi connectivity index (χ0) is 10.5. The SMILES string of the molecule is N#Cc1ccncc1Oc1cccnc1. The maximum absolute atomic E-state index is 8.82. The lowest BCUT2D eigenvalue weighted by Crippen LogP contribution is -1.89. The van der Waals surface area contributed by atoms with Gasteiger partial charge in [0.15, 0.2) is 5.75 Å². The Hall–Kier alpha value is -2.41. The van der Waals surface area contributed by atoms with Crippen molar-refractivity contribution in [1.29, 1.82) is 5.26 Å². The lowest BCUT2D eigenvalue weighted by atomic mass is 10.3. The average molecular weight is 197 g/mol. The van der Waals surface area contributed by atoms with Crippen molar-refractivity contribution in [2.45, 2.75) is 0 Å². The van der Waals surface area contributed by atoms with E-state index in [0.29, 0.717) is 17.1 Å². The molecular weight excluding hydrogens is 190 g/mol. The molecule has 0 aromatic carbocycles. The summed E-state index contributed by atoms with van der Waals surface area (Å²) in [4.78, 5) is 7.80. The first-order valence-corrected chi connectivity index (χ1v) is 4.32. The molecule has 0 amide bonds. The molecule has 0 atom stereocenters. The second-order valence-electron chi connectivity index (χ2n) is 2.77. The standard InChI is InChI=1S/C11H7N3O/c12-6-9-3-5-14-8-11(9)15-10-2-1-4-13-7-10/h1-5,7-8H. The van der Waals surface area contributed by atoms with Crippen LogP contribution in [-0.4, -0.2) is 9.97 Å². The van der Waals surface area contributed by atoms with Crippen LogP contribution in [0.1, 0.15) is 5.56 Å². The Labute approximate surface area is 86.8 Å². The molecular formula is C11H7N3O. The monoisotopic (exact) mass is 197 g/mol. The number of nitrogens with zero attached hydrogens (tertiary/aromatic N) is 3. The highest BCUT2D eigenvalue weighted by atomic mass is 16.5. The van der Waals surface area contributed by atoms with Gasteiger partial charge in [0.2, 0.25) is 0 Å². The number of hydrogen-bond donors (Lipinski definition) is 0. The van der Waals surface area contributed by atoms with Gasteiger partial charge in [0.25, 0.3) is 0 Å². The molecule has 4 heteroatoms. The minimum atomic E-state index is 0.438. The van der Waals surface area contributed by atoms with Crippen molar-refractivity contribution in [2.75, 3.05) is 0 Å². The summed E-state index contributed by atoms with van der Waals surface area (Å²) in [6.45, 7) is 0. The van der Waals surface area contributed by atoms with Gasteiger partial charge in [0, 0.05) is 12.4 Å². The Kier molecular flexibility index (Phi) is 2.56. The summed E-state index contributed by atoms with van der Waals surface area (Å²) in [5.41, 5.74) is 0.453. The van der Waals surface area contributed by atoms with Crippen molar-refractivity contribution >= 4 is 0 Å². The van der Waals surface area contributed by atoms with Crippen LogP contribution in [0.2, 0.25) is 0 Å². The molecule has 0 aliphatic heterocycles. The fraction of sp³-hybridized carbons (Fsp3) is 0. The number of nitriles is 1. The molecule has 0 aliphatic carbocycles. The summed E-state index contributed by atoms with van der Waals surface area (Å²) >= 11 is 0. The molecule has 2 aromatic rings. The Morgan fingerprint density at radius 2 is 2.00 bits per heavy atom. The van der Waals surface area contributed by atoms with E-state index in [9.17, 15) is 0 Å². The highest BCUT2D eigenvalue weighted by Crippen LogP contribution is 2.22. The van der Waals surface area contributed by atoms with Gasteiger partial charge < -0.3 is 4.74 Å². The molecule has 0 fully saturated rings. The number of pyridine rings is 2. The molecule has 2 rings (SSSR count). The zero-order valence-electron chi connectivity index (χ0n) is 7.79. The van der Waals surface area contributed by atoms with E-state index in [0.717, 1.165) is 0 Å². The van der Waals surface area contributed by atoms with Crippen LogP contribution in [0, 0.1) is 11.3 Å². The number of rotatable bonds is 2. The summed E-state index contributed by atoms with van der Waals surface area (Å²) < 4.78 is 5.45. The lowest BCUT2D eigenvalue weighted by Gasteiger charge is -2.04. The maximum Gasteiger partial charge on any atom is 0.163 e.